The molecule has 7 heteroatoms. The van der Waals surface area contributed by atoms with Gasteiger partial charge in [0.15, 0.2) is 0 Å². The molecule has 0 N–H and O–H groups in total. The summed E-state index contributed by atoms with van der Waals surface area (Å²) in [5.41, 5.74) is 1.89. The number of fused-ring (bicyclic) bond motifs is 1. The van der Waals surface area contributed by atoms with Crippen LogP contribution in [-0.4, -0.2) is 54.1 Å². The summed E-state index contributed by atoms with van der Waals surface area (Å²) in [4.78, 5) is 25.1. The molecule has 2 aromatic heterocycles. The molecule has 4 rings (SSSR count). The number of carbonyl (C=O) groups is 1. The number of hydrogen-bond acceptors (Lipinski definition) is 7. The van der Waals surface area contributed by atoms with E-state index in [1.807, 2.05) is 18.3 Å². The van der Waals surface area contributed by atoms with Crippen LogP contribution in [0.2, 0.25) is 0 Å². The van der Waals surface area contributed by atoms with Gasteiger partial charge in [0.2, 0.25) is 0 Å². The highest BCUT2D eigenvalue weighted by Crippen LogP contribution is 2.32. The molecule has 0 spiro atoms. The zero-order chi connectivity index (χ0) is 18.1. The number of esters is 1. The first-order chi connectivity index (χ1) is 12.6. The molecule has 1 aliphatic rings. The summed E-state index contributed by atoms with van der Waals surface area (Å²) in [7, 11) is 2.15. The maximum atomic E-state index is 11.1. The van der Waals surface area contributed by atoms with Crippen molar-refractivity contribution in [1.29, 1.82) is 0 Å². The van der Waals surface area contributed by atoms with Crippen LogP contribution in [0, 0.1) is 0 Å². The average Bonchev–Trinajstić information content (AvgIpc) is 3.05. The predicted octanol–water partition coefficient (Wildman–Crippen LogP) is 3.04. The van der Waals surface area contributed by atoms with Crippen molar-refractivity contribution in [3.63, 3.8) is 0 Å². The van der Waals surface area contributed by atoms with Gasteiger partial charge in [-0.25, -0.2) is 9.97 Å². The highest BCUT2D eigenvalue weighted by atomic mass is 32.1. The smallest absolute Gasteiger partial charge is 0.308 e. The second-order valence-electron chi connectivity index (χ2n) is 6.44. The van der Waals surface area contributed by atoms with E-state index in [9.17, 15) is 4.79 Å². The van der Waals surface area contributed by atoms with Crippen LogP contribution in [0.3, 0.4) is 0 Å². The molecule has 0 radical (unpaired) electrons. The van der Waals surface area contributed by atoms with Crippen molar-refractivity contribution < 1.29 is 9.53 Å². The number of hydrogen-bond donors (Lipinski definition) is 0. The van der Waals surface area contributed by atoms with E-state index >= 15 is 0 Å². The maximum absolute atomic E-state index is 11.1. The Hall–Kier alpha value is -2.51. The van der Waals surface area contributed by atoms with Crippen LogP contribution < -0.4 is 9.64 Å². The Labute approximate surface area is 156 Å². The van der Waals surface area contributed by atoms with Crippen molar-refractivity contribution in [2.75, 3.05) is 38.1 Å². The Bertz CT molecular complexity index is 930. The number of aromatic nitrogens is 2. The number of nitrogens with zero attached hydrogens (tertiary/aromatic N) is 4. The molecule has 0 unspecified atom stereocenters. The fourth-order valence-electron chi connectivity index (χ4n) is 2.99. The van der Waals surface area contributed by atoms with Gasteiger partial charge in [0, 0.05) is 50.9 Å². The molecule has 6 nitrogen and oxygen atoms in total. The molecule has 0 saturated carbocycles. The lowest BCUT2D eigenvalue weighted by atomic mass is 10.2. The van der Waals surface area contributed by atoms with Gasteiger partial charge in [-0.1, -0.05) is 0 Å². The van der Waals surface area contributed by atoms with Crippen LogP contribution in [0.4, 0.5) is 5.82 Å². The molecule has 3 aromatic rings. The lowest BCUT2D eigenvalue weighted by Crippen LogP contribution is -2.44. The van der Waals surface area contributed by atoms with Crippen molar-refractivity contribution >= 4 is 33.3 Å². The molecule has 1 aromatic carbocycles. The Balaban J connectivity index is 1.56. The van der Waals surface area contributed by atoms with Crippen LogP contribution in [0.5, 0.6) is 5.75 Å². The third-order valence-corrected chi connectivity index (χ3v) is 5.51. The molecule has 134 valence electrons. The molecule has 0 bridgehead atoms. The van der Waals surface area contributed by atoms with Crippen molar-refractivity contribution in [3.8, 4) is 16.3 Å². The van der Waals surface area contributed by atoms with Gasteiger partial charge in [-0.2, -0.15) is 0 Å². The minimum atomic E-state index is -0.321. The second-order valence-corrected chi connectivity index (χ2v) is 7.47. The summed E-state index contributed by atoms with van der Waals surface area (Å²) in [6.07, 6.45) is 1.89. The van der Waals surface area contributed by atoms with E-state index in [-0.39, 0.29) is 5.97 Å². The van der Waals surface area contributed by atoms with Crippen LogP contribution in [-0.2, 0) is 4.79 Å². The number of ether oxygens (including phenoxy) is 1. The van der Waals surface area contributed by atoms with Crippen molar-refractivity contribution in [2.45, 2.75) is 6.92 Å². The van der Waals surface area contributed by atoms with Gasteiger partial charge in [-0.05, 0) is 31.3 Å². The topological polar surface area (TPSA) is 58.6 Å². The monoisotopic (exact) mass is 368 g/mol. The number of piperazine rings is 1. The van der Waals surface area contributed by atoms with Gasteiger partial charge < -0.3 is 14.5 Å². The first-order valence-electron chi connectivity index (χ1n) is 8.57. The molecule has 1 saturated heterocycles. The lowest BCUT2D eigenvalue weighted by Gasteiger charge is -2.33. The van der Waals surface area contributed by atoms with E-state index in [1.165, 1.54) is 6.92 Å². The van der Waals surface area contributed by atoms with Crippen molar-refractivity contribution in [1.82, 2.24) is 14.9 Å². The highest BCUT2D eigenvalue weighted by molar-refractivity contribution is 7.21. The first kappa shape index (κ1) is 16.9. The standard InChI is InChI=1S/C19H20N4O2S/c1-13(24)25-15-4-5-16-17(11-15)26-19(21-16)14-3-6-18(20-12-14)23-9-7-22(2)8-10-23/h3-6,11-12H,7-10H2,1-2H3. The predicted molar refractivity (Wildman–Crippen MR) is 104 cm³/mol. The molecule has 3 heterocycles. The molecule has 26 heavy (non-hydrogen) atoms. The van der Waals surface area contributed by atoms with Gasteiger partial charge in [0.1, 0.15) is 16.6 Å². The van der Waals surface area contributed by atoms with E-state index in [4.69, 9.17) is 4.74 Å². The summed E-state index contributed by atoms with van der Waals surface area (Å²) in [5.74, 6) is 1.24. The summed E-state index contributed by atoms with van der Waals surface area (Å²) < 4.78 is 6.13. The van der Waals surface area contributed by atoms with E-state index < -0.39 is 0 Å². The zero-order valence-corrected chi connectivity index (χ0v) is 15.6. The second kappa shape index (κ2) is 7.01. The van der Waals surface area contributed by atoms with Gasteiger partial charge in [-0.15, -0.1) is 11.3 Å². The Morgan fingerprint density at radius 3 is 2.65 bits per heavy atom. The van der Waals surface area contributed by atoms with E-state index in [0.717, 1.165) is 52.8 Å². The number of benzene rings is 1. The van der Waals surface area contributed by atoms with Gasteiger partial charge in [0.05, 0.1) is 10.2 Å². The van der Waals surface area contributed by atoms with Gasteiger partial charge in [0.25, 0.3) is 0 Å². The third kappa shape index (κ3) is 3.54. The SMILES string of the molecule is CC(=O)Oc1ccc2nc(-c3ccc(N4CCN(C)CC4)nc3)sc2c1. The van der Waals surface area contributed by atoms with Gasteiger partial charge >= 0.3 is 5.97 Å². The fourth-order valence-corrected chi connectivity index (χ4v) is 3.98. The summed E-state index contributed by atoms with van der Waals surface area (Å²) in [6, 6.07) is 9.63. The molecule has 1 aliphatic heterocycles. The Morgan fingerprint density at radius 2 is 1.96 bits per heavy atom. The first-order valence-corrected chi connectivity index (χ1v) is 9.39. The number of anilines is 1. The maximum Gasteiger partial charge on any atom is 0.308 e. The summed E-state index contributed by atoms with van der Waals surface area (Å²) in [5, 5.41) is 0.914. The number of likely N-dealkylation sites (N-methyl/N-ethyl adjacent to an activating group) is 1. The number of pyridine rings is 1. The number of carbonyl (C=O) groups excluding carboxylic acids is 1. The quantitative estimate of drug-likeness (QED) is 0.523. The molecule has 0 atom stereocenters. The average molecular weight is 368 g/mol. The fraction of sp³-hybridized carbons (Fsp3) is 0.316. The third-order valence-electron chi connectivity index (χ3n) is 4.44. The molecular formula is C19H20N4O2S. The van der Waals surface area contributed by atoms with E-state index in [0.29, 0.717) is 5.75 Å². The summed E-state index contributed by atoms with van der Waals surface area (Å²) >= 11 is 1.57. The minimum Gasteiger partial charge on any atom is -0.427 e. The molecule has 0 aliphatic carbocycles. The van der Waals surface area contributed by atoms with Crippen molar-refractivity contribution in [2.24, 2.45) is 0 Å². The van der Waals surface area contributed by atoms with Crippen LogP contribution in [0.1, 0.15) is 6.92 Å². The normalized spacial score (nSPS) is 15.4. The zero-order valence-electron chi connectivity index (χ0n) is 14.8. The van der Waals surface area contributed by atoms with E-state index in [2.05, 4.69) is 38.9 Å². The summed E-state index contributed by atoms with van der Waals surface area (Å²) in [6.45, 7) is 5.53. The number of rotatable bonds is 3. The molecule has 0 amide bonds. The van der Waals surface area contributed by atoms with Gasteiger partial charge in [-0.3, -0.25) is 4.79 Å². The largest absolute Gasteiger partial charge is 0.427 e. The highest BCUT2D eigenvalue weighted by Gasteiger charge is 2.15. The molecular weight excluding hydrogens is 348 g/mol. The lowest BCUT2D eigenvalue weighted by molar-refractivity contribution is -0.131. The number of thiazole rings is 1. The molecule has 1 fully saturated rings. The minimum absolute atomic E-state index is 0.321. The van der Waals surface area contributed by atoms with Crippen LogP contribution >= 0.6 is 11.3 Å². The Morgan fingerprint density at radius 1 is 1.15 bits per heavy atom. The Kier molecular flexibility index (Phi) is 4.57. The van der Waals surface area contributed by atoms with Crippen LogP contribution in [0.15, 0.2) is 36.5 Å². The van der Waals surface area contributed by atoms with Crippen LogP contribution in [0.25, 0.3) is 20.8 Å². The van der Waals surface area contributed by atoms with Crippen molar-refractivity contribution in [3.05, 3.63) is 36.5 Å². The van der Waals surface area contributed by atoms with E-state index in [1.54, 1.807) is 17.4 Å².